The van der Waals surface area contributed by atoms with Crippen molar-refractivity contribution in [1.29, 1.82) is 0 Å². The van der Waals surface area contributed by atoms with E-state index in [1.165, 1.54) is 0 Å². The third-order valence-electron chi connectivity index (χ3n) is 5.02. The number of anilines is 1. The van der Waals surface area contributed by atoms with E-state index in [1.807, 2.05) is 30.3 Å². The summed E-state index contributed by atoms with van der Waals surface area (Å²) in [6.07, 6.45) is 3.32. The minimum Gasteiger partial charge on any atom is -0.480 e. The lowest BCUT2D eigenvalue weighted by atomic mass is 9.95. The Labute approximate surface area is 176 Å². The summed E-state index contributed by atoms with van der Waals surface area (Å²) in [6.45, 7) is 5.54. The second-order valence-electron chi connectivity index (χ2n) is 6.83. The van der Waals surface area contributed by atoms with Crippen LogP contribution in [0.4, 0.5) is 5.82 Å². The molecule has 7 heteroatoms. The van der Waals surface area contributed by atoms with Gasteiger partial charge in [0.2, 0.25) is 11.8 Å². The van der Waals surface area contributed by atoms with E-state index >= 15 is 0 Å². The summed E-state index contributed by atoms with van der Waals surface area (Å²) < 4.78 is 5.59. The Hall–Kier alpha value is -2.86. The molecule has 1 N–H and O–H groups in total. The molecule has 29 heavy (non-hydrogen) atoms. The van der Waals surface area contributed by atoms with Gasteiger partial charge >= 0.3 is 0 Å². The third kappa shape index (κ3) is 4.95. The van der Waals surface area contributed by atoms with Crippen molar-refractivity contribution in [3.05, 3.63) is 65.3 Å². The zero-order valence-corrected chi connectivity index (χ0v) is 17.4. The number of nitrogens with one attached hydrogen (secondary N) is 1. The third-order valence-corrected chi connectivity index (χ3v) is 5.25. The Morgan fingerprint density at radius 3 is 2.72 bits per heavy atom. The molecule has 2 aromatic rings. The number of aliphatic imine (C=N–C) groups is 1. The van der Waals surface area contributed by atoms with Crippen LogP contribution in [0, 0.1) is 5.92 Å². The van der Waals surface area contributed by atoms with Crippen LogP contribution < -0.4 is 10.2 Å². The van der Waals surface area contributed by atoms with Crippen molar-refractivity contribution in [2.45, 2.75) is 12.8 Å². The highest BCUT2D eigenvalue weighted by atomic mass is 35.5. The van der Waals surface area contributed by atoms with E-state index in [-0.39, 0.29) is 11.8 Å². The van der Waals surface area contributed by atoms with Crippen LogP contribution >= 0.6 is 11.6 Å². The Morgan fingerprint density at radius 1 is 1.31 bits per heavy atom. The molecule has 1 aromatic carbocycles. The number of pyridine rings is 1. The smallest absolute Gasteiger partial charge is 0.224 e. The molecule has 1 aliphatic rings. The largest absolute Gasteiger partial charge is 0.480 e. The van der Waals surface area contributed by atoms with Crippen LogP contribution in [-0.4, -0.2) is 44.0 Å². The number of carbonyl (C=O) groups excluding carboxylic acids is 1. The highest BCUT2D eigenvalue weighted by Gasteiger charge is 2.27. The second kappa shape index (κ2) is 9.56. The molecular formula is C22H25ClN4O2. The van der Waals surface area contributed by atoms with Crippen LogP contribution in [0.2, 0.25) is 5.02 Å². The minimum atomic E-state index is 0.0431. The van der Waals surface area contributed by atoms with Crippen molar-refractivity contribution in [2.75, 3.05) is 32.1 Å². The van der Waals surface area contributed by atoms with E-state index in [2.05, 4.69) is 26.8 Å². The van der Waals surface area contributed by atoms with Gasteiger partial charge in [-0.15, -0.1) is 0 Å². The maximum atomic E-state index is 11.9. The van der Waals surface area contributed by atoms with E-state index in [9.17, 15) is 4.79 Å². The number of amides is 1. The van der Waals surface area contributed by atoms with Gasteiger partial charge in [-0.05, 0) is 37.1 Å². The fraction of sp³-hybridized carbons (Fsp3) is 0.318. The molecule has 1 fully saturated rings. The predicted molar refractivity (Wildman–Crippen MR) is 117 cm³/mol. The summed E-state index contributed by atoms with van der Waals surface area (Å²) in [5, 5.41) is 3.36. The molecule has 0 radical (unpaired) electrons. The Morgan fingerprint density at radius 2 is 2.07 bits per heavy atom. The fourth-order valence-electron chi connectivity index (χ4n) is 3.44. The summed E-state index contributed by atoms with van der Waals surface area (Å²) >= 11 is 6.08. The number of ether oxygens (including phenoxy) is 1. The maximum absolute atomic E-state index is 11.9. The molecule has 0 atom stereocenters. The normalized spacial score (nSPS) is 15.1. The Bertz CT molecular complexity index is 921. The Kier molecular flexibility index (Phi) is 6.88. The van der Waals surface area contributed by atoms with Crippen LogP contribution in [0.15, 0.2) is 54.2 Å². The first-order chi connectivity index (χ1) is 14.0. The zero-order chi connectivity index (χ0) is 20.8. The van der Waals surface area contributed by atoms with Crippen LogP contribution in [0.1, 0.15) is 24.0 Å². The SMILES string of the molecule is C=C(N=C(OC)c1cccnc1N1CCC(C(=O)NC)CC1)c1cccc(Cl)c1. The molecule has 1 aliphatic heterocycles. The zero-order valence-electron chi connectivity index (χ0n) is 16.7. The average Bonchev–Trinajstić information content (AvgIpc) is 2.77. The molecule has 1 aromatic heterocycles. The summed E-state index contributed by atoms with van der Waals surface area (Å²) in [4.78, 5) is 23.2. The van der Waals surface area contributed by atoms with Gasteiger partial charge < -0.3 is 15.0 Å². The van der Waals surface area contributed by atoms with E-state index in [0.717, 1.165) is 42.9 Å². The van der Waals surface area contributed by atoms with Crippen molar-refractivity contribution < 1.29 is 9.53 Å². The highest BCUT2D eigenvalue weighted by Crippen LogP contribution is 2.27. The number of methoxy groups -OCH3 is 1. The van der Waals surface area contributed by atoms with E-state index in [1.54, 1.807) is 26.4 Å². The Balaban J connectivity index is 1.85. The highest BCUT2D eigenvalue weighted by molar-refractivity contribution is 6.30. The monoisotopic (exact) mass is 412 g/mol. The topological polar surface area (TPSA) is 66.8 Å². The standard InChI is InChI=1S/C22H25ClN4O2/c1-15(17-6-4-7-18(23)14-17)26-22(29-3)19-8-5-11-25-20(19)27-12-9-16(10-13-27)21(28)24-2/h4-8,11,14,16H,1,9-10,12-13H2,2-3H3,(H,24,28). The summed E-state index contributed by atoms with van der Waals surface area (Å²) in [7, 11) is 3.26. The number of hydrogen-bond acceptors (Lipinski definition) is 5. The molecular weight excluding hydrogens is 388 g/mol. The number of benzene rings is 1. The molecule has 2 heterocycles. The first kappa shape index (κ1) is 20.9. The van der Waals surface area contributed by atoms with Crippen molar-refractivity contribution in [3.63, 3.8) is 0 Å². The number of hydrogen-bond donors (Lipinski definition) is 1. The van der Waals surface area contributed by atoms with Crippen molar-refractivity contribution in [2.24, 2.45) is 10.9 Å². The van der Waals surface area contributed by atoms with Gasteiger partial charge in [0.1, 0.15) is 5.82 Å². The predicted octanol–water partition coefficient (Wildman–Crippen LogP) is 3.76. The van der Waals surface area contributed by atoms with Gasteiger partial charge in [0.15, 0.2) is 0 Å². The lowest BCUT2D eigenvalue weighted by molar-refractivity contribution is -0.125. The summed E-state index contributed by atoms with van der Waals surface area (Å²) in [5.41, 5.74) is 2.16. The number of nitrogens with zero attached hydrogens (tertiary/aromatic N) is 3. The average molecular weight is 413 g/mol. The molecule has 0 saturated carbocycles. The first-order valence-electron chi connectivity index (χ1n) is 9.53. The number of halogens is 1. The van der Waals surface area contributed by atoms with E-state index in [4.69, 9.17) is 16.3 Å². The molecule has 0 spiro atoms. The molecule has 0 bridgehead atoms. The maximum Gasteiger partial charge on any atom is 0.224 e. The summed E-state index contributed by atoms with van der Waals surface area (Å²) in [6, 6.07) is 11.2. The fourth-order valence-corrected chi connectivity index (χ4v) is 3.63. The number of rotatable bonds is 5. The molecule has 3 rings (SSSR count). The van der Waals surface area contributed by atoms with Crippen molar-refractivity contribution in [1.82, 2.24) is 10.3 Å². The lowest BCUT2D eigenvalue weighted by Crippen LogP contribution is -2.40. The van der Waals surface area contributed by atoms with E-state index in [0.29, 0.717) is 16.6 Å². The van der Waals surface area contributed by atoms with Gasteiger partial charge in [0.05, 0.1) is 18.4 Å². The van der Waals surface area contributed by atoms with Gasteiger partial charge in [0.25, 0.3) is 0 Å². The van der Waals surface area contributed by atoms with Crippen LogP contribution in [0.25, 0.3) is 5.70 Å². The van der Waals surface area contributed by atoms with Gasteiger partial charge in [-0.2, -0.15) is 0 Å². The molecule has 1 saturated heterocycles. The second-order valence-corrected chi connectivity index (χ2v) is 7.26. The quantitative estimate of drug-likeness (QED) is 0.599. The van der Waals surface area contributed by atoms with Gasteiger partial charge in [0, 0.05) is 42.8 Å². The molecule has 1 amide bonds. The number of aromatic nitrogens is 1. The van der Waals surface area contributed by atoms with E-state index < -0.39 is 0 Å². The lowest BCUT2D eigenvalue weighted by Gasteiger charge is -2.33. The van der Waals surface area contributed by atoms with Crippen LogP contribution in [0.3, 0.4) is 0 Å². The summed E-state index contributed by atoms with van der Waals surface area (Å²) in [5.74, 6) is 1.37. The number of piperidine rings is 1. The first-order valence-corrected chi connectivity index (χ1v) is 9.90. The van der Waals surface area contributed by atoms with Crippen LogP contribution in [-0.2, 0) is 9.53 Å². The molecule has 152 valence electrons. The molecule has 6 nitrogen and oxygen atoms in total. The van der Waals surface area contributed by atoms with Crippen LogP contribution in [0.5, 0.6) is 0 Å². The van der Waals surface area contributed by atoms with Gasteiger partial charge in [-0.1, -0.05) is 30.3 Å². The molecule has 0 aliphatic carbocycles. The minimum absolute atomic E-state index is 0.0431. The van der Waals surface area contributed by atoms with Crippen molar-refractivity contribution in [3.8, 4) is 0 Å². The van der Waals surface area contributed by atoms with Crippen molar-refractivity contribution >= 4 is 34.9 Å². The molecule has 0 unspecified atom stereocenters. The van der Waals surface area contributed by atoms with Gasteiger partial charge in [-0.3, -0.25) is 4.79 Å². The van der Waals surface area contributed by atoms with Gasteiger partial charge in [-0.25, -0.2) is 9.98 Å². The number of carbonyl (C=O) groups is 1.